The number of alkyl halides is 3. The zero-order valence-corrected chi connectivity index (χ0v) is 15.2. The van der Waals surface area contributed by atoms with Crippen molar-refractivity contribution in [3.63, 3.8) is 0 Å². The van der Waals surface area contributed by atoms with Gasteiger partial charge in [0.2, 0.25) is 0 Å². The average Bonchev–Trinajstić information content (AvgIpc) is 2.88. The predicted molar refractivity (Wildman–Crippen MR) is 90.6 cm³/mol. The van der Waals surface area contributed by atoms with Crippen LogP contribution in [0.15, 0.2) is 24.3 Å². The Hall–Kier alpha value is -2.07. The molecule has 1 aromatic heterocycles. The van der Waals surface area contributed by atoms with Crippen LogP contribution in [0.2, 0.25) is 0 Å². The largest absolute Gasteiger partial charge is 0.485 e. The number of hydrogen-bond acceptors (Lipinski definition) is 5. The first-order valence-electron chi connectivity index (χ1n) is 8.10. The molecule has 142 valence electrons. The molecule has 26 heavy (non-hydrogen) atoms. The van der Waals surface area contributed by atoms with Gasteiger partial charge in [-0.25, -0.2) is 4.68 Å². The molecule has 0 spiro atoms. The summed E-state index contributed by atoms with van der Waals surface area (Å²) in [4.78, 5) is 1.22. The Bertz CT molecular complexity index is 834. The van der Waals surface area contributed by atoms with E-state index in [0.717, 1.165) is 0 Å². The molecule has 2 aromatic rings. The SMILES string of the molecule is CCN(Cn1nc([C@H]2COc3ccccc3O2)n(C)c1=S)CC(F)(F)F. The van der Waals surface area contributed by atoms with E-state index < -0.39 is 18.8 Å². The van der Waals surface area contributed by atoms with Gasteiger partial charge in [-0.05, 0) is 30.9 Å². The Morgan fingerprint density at radius 3 is 2.65 bits per heavy atom. The number of fused-ring (bicyclic) bond motifs is 1. The van der Waals surface area contributed by atoms with Gasteiger partial charge in [0, 0.05) is 7.05 Å². The highest BCUT2D eigenvalue weighted by atomic mass is 32.1. The molecule has 1 aliphatic rings. The average molecular weight is 388 g/mol. The van der Waals surface area contributed by atoms with Gasteiger partial charge in [-0.1, -0.05) is 19.1 Å². The summed E-state index contributed by atoms with van der Waals surface area (Å²) in [5.74, 6) is 1.75. The zero-order chi connectivity index (χ0) is 18.9. The fraction of sp³-hybridized carbons (Fsp3) is 0.500. The van der Waals surface area contributed by atoms with Gasteiger partial charge >= 0.3 is 6.18 Å². The van der Waals surface area contributed by atoms with E-state index >= 15 is 0 Å². The number of nitrogens with zero attached hydrogens (tertiary/aromatic N) is 4. The molecule has 6 nitrogen and oxygen atoms in total. The Kier molecular flexibility index (Phi) is 5.24. The summed E-state index contributed by atoms with van der Waals surface area (Å²) in [5, 5.41) is 4.39. The third-order valence-electron chi connectivity index (χ3n) is 4.06. The van der Waals surface area contributed by atoms with Gasteiger partial charge in [0.05, 0.1) is 13.2 Å². The molecular formula is C16H19F3N4O2S. The molecule has 1 aromatic carbocycles. The van der Waals surface area contributed by atoms with E-state index in [2.05, 4.69) is 5.10 Å². The highest BCUT2D eigenvalue weighted by Gasteiger charge is 2.31. The van der Waals surface area contributed by atoms with Crippen molar-refractivity contribution in [3.8, 4) is 11.5 Å². The molecule has 0 aliphatic carbocycles. The van der Waals surface area contributed by atoms with E-state index in [-0.39, 0.29) is 19.8 Å². The van der Waals surface area contributed by atoms with Crippen molar-refractivity contribution in [1.82, 2.24) is 19.2 Å². The van der Waals surface area contributed by atoms with Crippen LogP contribution in [0.25, 0.3) is 0 Å². The van der Waals surface area contributed by atoms with Crippen molar-refractivity contribution >= 4 is 12.2 Å². The van der Waals surface area contributed by atoms with Gasteiger partial charge < -0.3 is 14.0 Å². The van der Waals surface area contributed by atoms with E-state index in [4.69, 9.17) is 21.7 Å². The summed E-state index contributed by atoms with van der Waals surface area (Å²) in [6.45, 7) is 1.06. The van der Waals surface area contributed by atoms with Crippen LogP contribution in [0.5, 0.6) is 11.5 Å². The second kappa shape index (κ2) is 7.28. The van der Waals surface area contributed by atoms with Crippen LogP contribution in [0.3, 0.4) is 0 Å². The molecule has 0 unspecified atom stereocenters. The summed E-state index contributed by atoms with van der Waals surface area (Å²) < 4.78 is 53.0. The van der Waals surface area contributed by atoms with E-state index in [1.807, 2.05) is 12.1 Å². The van der Waals surface area contributed by atoms with Gasteiger partial charge in [-0.2, -0.15) is 18.3 Å². The van der Waals surface area contributed by atoms with Gasteiger partial charge in [-0.15, -0.1) is 0 Å². The Balaban J connectivity index is 1.81. The summed E-state index contributed by atoms with van der Waals surface area (Å²) in [5.41, 5.74) is 0. The molecule has 0 saturated heterocycles. The van der Waals surface area contributed by atoms with Crippen LogP contribution < -0.4 is 9.47 Å². The normalized spacial score (nSPS) is 16.9. The quantitative estimate of drug-likeness (QED) is 0.736. The minimum absolute atomic E-state index is 0.0488. The lowest BCUT2D eigenvalue weighted by Gasteiger charge is -2.25. The number of benzene rings is 1. The van der Waals surface area contributed by atoms with Crippen LogP contribution in [0.1, 0.15) is 18.9 Å². The highest BCUT2D eigenvalue weighted by molar-refractivity contribution is 7.71. The lowest BCUT2D eigenvalue weighted by Crippen LogP contribution is -2.36. The van der Waals surface area contributed by atoms with Gasteiger partial charge in [-0.3, -0.25) is 4.90 Å². The predicted octanol–water partition coefficient (Wildman–Crippen LogP) is 3.31. The summed E-state index contributed by atoms with van der Waals surface area (Å²) in [6.07, 6.45) is -4.77. The van der Waals surface area contributed by atoms with Crippen molar-refractivity contribution in [3.05, 3.63) is 34.9 Å². The van der Waals surface area contributed by atoms with E-state index in [1.54, 1.807) is 30.7 Å². The molecule has 0 radical (unpaired) electrons. The molecule has 0 N–H and O–H groups in total. The maximum atomic E-state index is 12.7. The van der Waals surface area contributed by atoms with E-state index in [9.17, 15) is 13.2 Å². The minimum atomic E-state index is -4.28. The molecule has 0 fully saturated rings. The third kappa shape index (κ3) is 4.01. The molecule has 0 saturated carbocycles. The van der Waals surface area contributed by atoms with Crippen LogP contribution in [0.4, 0.5) is 13.2 Å². The number of aromatic nitrogens is 3. The second-order valence-electron chi connectivity index (χ2n) is 5.97. The first-order valence-corrected chi connectivity index (χ1v) is 8.50. The molecule has 0 amide bonds. The van der Waals surface area contributed by atoms with Crippen LogP contribution in [-0.4, -0.2) is 45.1 Å². The van der Waals surface area contributed by atoms with E-state index in [1.165, 1.54) is 9.58 Å². The molecule has 1 aliphatic heterocycles. The van der Waals surface area contributed by atoms with Gasteiger partial charge in [0.15, 0.2) is 28.2 Å². The summed E-state index contributed by atoms with van der Waals surface area (Å²) in [6, 6.07) is 7.27. The number of para-hydroxylation sites is 2. The van der Waals surface area contributed by atoms with Crippen LogP contribution >= 0.6 is 12.2 Å². The molecule has 3 rings (SSSR count). The Morgan fingerprint density at radius 2 is 2.00 bits per heavy atom. The fourth-order valence-electron chi connectivity index (χ4n) is 2.73. The molecule has 2 heterocycles. The van der Waals surface area contributed by atoms with Crippen molar-refractivity contribution in [2.24, 2.45) is 7.05 Å². The second-order valence-corrected chi connectivity index (χ2v) is 6.33. The standard InChI is InChI=1S/C16H19F3N4O2S/c1-3-22(9-16(17,18)19)10-23-15(26)21(2)14(20-23)13-8-24-11-6-4-5-7-12(11)25-13/h4-7,13H,3,8-10H2,1-2H3/t13-/m1/s1. The molecule has 0 bridgehead atoms. The van der Waals surface area contributed by atoms with Crippen molar-refractivity contribution in [1.29, 1.82) is 0 Å². The molecular weight excluding hydrogens is 369 g/mol. The topological polar surface area (TPSA) is 44.5 Å². The Morgan fingerprint density at radius 1 is 1.31 bits per heavy atom. The van der Waals surface area contributed by atoms with Gasteiger partial charge in [0.1, 0.15) is 6.61 Å². The first-order chi connectivity index (χ1) is 12.3. The van der Waals surface area contributed by atoms with E-state index in [0.29, 0.717) is 22.1 Å². The van der Waals surface area contributed by atoms with Crippen LogP contribution in [-0.2, 0) is 13.7 Å². The zero-order valence-electron chi connectivity index (χ0n) is 14.4. The highest BCUT2D eigenvalue weighted by Crippen LogP contribution is 2.35. The third-order valence-corrected chi connectivity index (χ3v) is 4.54. The smallest absolute Gasteiger partial charge is 0.401 e. The first kappa shape index (κ1) is 18.7. The van der Waals surface area contributed by atoms with Crippen LogP contribution in [0, 0.1) is 4.77 Å². The number of hydrogen-bond donors (Lipinski definition) is 0. The molecule has 10 heteroatoms. The molecule has 1 atom stereocenters. The summed E-state index contributed by atoms with van der Waals surface area (Å²) in [7, 11) is 1.71. The fourth-order valence-corrected chi connectivity index (χ4v) is 2.92. The minimum Gasteiger partial charge on any atom is -0.485 e. The number of halogens is 3. The maximum Gasteiger partial charge on any atom is 0.401 e. The lowest BCUT2D eigenvalue weighted by atomic mass is 10.2. The lowest BCUT2D eigenvalue weighted by molar-refractivity contribution is -0.149. The number of rotatable bonds is 5. The van der Waals surface area contributed by atoms with Crippen molar-refractivity contribution < 1.29 is 22.6 Å². The summed E-state index contributed by atoms with van der Waals surface area (Å²) >= 11 is 5.33. The van der Waals surface area contributed by atoms with Crippen molar-refractivity contribution in [2.75, 3.05) is 19.7 Å². The number of ether oxygens (including phenoxy) is 2. The maximum absolute atomic E-state index is 12.7. The Labute approximate surface area is 153 Å². The van der Waals surface area contributed by atoms with Crippen molar-refractivity contribution in [2.45, 2.75) is 25.9 Å². The van der Waals surface area contributed by atoms with Gasteiger partial charge in [0.25, 0.3) is 0 Å². The monoisotopic (exact) mass is 388 g/mol.